The zero-order valence-corrected chi connectivity index (χ0v) is 31.6. The van der Waals surface area contributed by atoms with E-state index in [4.69, 9.17) is 18.3 Å². The SMILES string of the molecule is CC(O[Si](C)(C)C(C)(C)C)c1ncc(OCCBr)cn1.CC(O[Si](C)(C)C(C)(C)C)c1ncc(OCCBr)cn1. The van der Waals surface area contributed by atoms with Crippen LogP contribution in [0.25, 0.3) is 0 Å². The van der Waals surface area contributed by atoms with E-state index < -0.39 is 16.6 Å². The molecule has 0 fully saturated rings. The van der Waals surface area contributed by atoms with Gasteiger partial charge in [-0.05, 0) is 50.1 Å². The molecule has 2 aromatic heterocycles. The summed E-state index contributed by atoms with van der Waals surface area (Å²) in [6.45, 7) is 27.5. The van der Waals surface area contributed by atoms with Gasteiger partial charge in [-0.1, -0.05) is 73.4 Å². The summed E-state index contributed by atoms with van der Waals surface area (Å²) in [4.78, 5) is 17.4. The first-order valence-corrected chi connectivity index (χ1v) is 21.8. The van der Waals surface area contributed by atoms with Gasteiger partial charge < -0.3 is 18.3 Å². The molecule has 0 aliphatic carbocycles. The number of rotatable bonds is 12. The second-order valence-electron chi connectivity index (χ2n) is 12.7. The maximum Gasteiger partial charge on any atom is 0.193 e. The maximum atomic E-state index is 6.27. The number of ether oxygens (including phenoxy) is 2. The lowest BCUT2D eigenvalue weighted by Crippen LogP contribution is -2.41. The Balaban J connectivity index is 0.000000400. The Labute approximate surface area is 261 Å². The molecule has 8 nitrogen and oxygen atoms in total. The molecule has 2 aromatic rings. The van der Waals surface area contributed by atoms with Crippen molar-refractivity contribution in [1.29, 1.82) is 0 Å². The molecular formula is C28H50Br2N4O4Si2. The summed E-state index contributed by atoms with van der Waals surface area (Å²) in [6.07, 6.45) is 6.63. The number of hydrogen-bond donors (Lipinski definition) is 0. The lowest BCUT2D eigenvalue weighted by Gasteiger charge is -2.38. The first-order valence-electron chi connectivity index (χ1n) is 13.7. The van der Waals surface area contributed by atoms with Crippen molar-refractivity contribution in [2.75, 3.05) is 23.9 Å². The van der Waals surface area contributed by atoms with Crippen molar-refractivity contribution in [3.63, 3.8) is 0 Å². The van der Waals surface area contributed by atoms with Gasteiger partial charge in [0.05, 0.1) is 38.0 Å². The topological polar surface area (TPSA) is 88.5 Å². The molecule has 12 heteroatoms. The predicted molar refractivity (Wildman–Crippen MR) is 176 cm³/mol. The van der Waals surface area contributed by atoms with Gasteiger partial charge in [-0.15, -0.1) is 0 Å². The van der Waals surface area contributed by atoms with E-state index in [0.717, 1.165) is 10.7 Å². The van der Waals surface area contributed by atoms with Crippen molar-refractivity contribution in [1.82, 2.24) is 19.9 Å². The van der Waals surface area contributed by atoms with Crippen molar-refractivity contribution >= 4 is 48.5 Å². The molecule has 0 saturated heterocycles. The van der Waals surface area contributed by atoms with E-state index in [9.17, 15) is 0 Å². The normalized spacial score (nSPS) is 14.2. The van der Waals surface area contributed by atoms with Gasteiger partial charge >= 0.3 is 0 Å². The Morgan fingerprint density at radius 3 is 1.12 bits per heavy atom. The molecule has 40 heavy (non-hydrogen) atoms. The van der Waals surface area contributed by atoms with Crippen molar-refractivity contribution in [3.8, 4) is 11.5 Å². The second kappa shape index (κ2) is 16.1. The third-order valence-corrected chi connectivity index (χ3v) is 17.0. The highest BCUT2D eigenvalue weighted by Gasteiger charge is 2.40. The highest BCUT2D eigenvalue weighted by Crippen LogP contribution is 2.40. The van der Waals surface area contributed by atoms with Crippen LogP contribution in [0.15, 0.2) is 24.8 Å². The monoisotopic (exact) mass is 720 g/mol. The molecule has 0 spiro atoms. The largest absolute Gasteiger partial charge is 0.489 e. The van der Waals surface area contributed by atoms with E-state index in [0.29, 0.717) is 36.4 Å². The molecule has 2 rings (SSSR count). The Bertz CT molecular complexity index is 918. The van der Waals surface area contributed by atoms with Gasteiger partial charge in [-0.2, -0.15) is 0 Å². The van der Waals surface area contributed by atoms with E-state index in [1.54, 1.807) is 24.8 Å². The van der Waals surface area contributed by atoms with E-state index in [1.165, 1.54) is 0 Å². The average molecular weight is 723 g/mol. The molecule has 0 N–H and O–H groups in total. The van der Waals surface area contributed by atoms with Crippen molar-refractivity contribution in [2.45, 2.75) is 104 Å². The summed E-state index contributed by atoms with van der Waals surface area (Å²) in [7, 11) is -3.61. The number of hydrogen-bond acceptors (Lipinski definition) is 8. The first kappa shape index (κ1) is 37.1. The molecule has 0 aliphatic heterocycles. The summed E-state index contributed by atoms with van der Waals surface area (Å²) in [5.41, 5.74) is 0. The highest BCUT2D eigenvalue weighted by atomic mass is 79.9. The van der Waals surface area contributed by atoms with Crippen LogP contribution in [-0.4, -0.2) is 60.4 Å². The van der Waals surface area contributed by atoms with E-state index in [-0.39, 0.29) is 22.3 Å². The minimum atomic E-state index is -1.80. The number of alkyl halides is 2. The summed E-state index contributed by atoms with van der Waals surface area (Å²) in [5.74, 6) is 2.79. The molecule has 0 aliphatic rings. The fourth-order valence-corrected chi connectivity index (χ4v) is 5.89. The molecular weight excluding hydrogens is 672 g/mol. The zero-order chi connectivity index (χ0) is 30.8. The molecule has 2 heterocycles. The first-order chi connectivity index (χ1) is 18.3. The molecule has 0 aromatic carbocycles. The van der Waals surface area contributed by atoms with Crippen molar-refractivity contribution in [3.05, 3.63) is 36.4 Å². The Kier molecular flexibility index (Phi) is 14.9. The van der Waals surface area contributed by atoms with Crippen molar-refractivity contribution in [2.24, 2.45) is 0 Å². The van der Waals surface area contributed by atoms with Gasteiger partial charge in [-0.25, -0.2) is 19.9 Å². The third kappa shape index (κ3) is 12.1. The molecule has 2 atom stereocenters. The van der Waals surface area contributed by atoms with Crippen LogP contribution in [0, 0.1) is 0 Å². The van der Waals surface area contributed by atoms with Crippen LogP contribution in [0.1, 0.15) is 79.2 Å². The lowest BCUT2D eigenvalue weighted by molar-refractivity contribution is 0.192. The summed E-state index contributed by atoms with van der Waals surface area (Å²) in [6, 6.07) is 0. The molecule has 0 amide bonds. The van der Waals surface area contributed by atoms with Gasteiger partial charge in [-0.3, -0.25) is 0 Å². The minimum absolute atomic E-state index is 0.0962. The Morgan fingerprint density at radius 2 is 0.900 bits per heavy atom. The quantitative estimate of drug-likeness (QED) is 0.159. The van der Waals surface area contributed by atoms with Crippen LogP contribution in [0.5, 0.6) is 11.5 Å². The third-order valence-electron chi connectivity index (χ3n) is 7.27. The maximum absolute atomic E-state index is 6.27. The Hall–Kier alpha value is -0.926. The zero-order valence-electron chi connectivity index (χ0n) is 26.5. The highest BCUT2D eigenvalue weighted by molar-refractivity contribution is 9.09. The lowest BCUT2D eigenvalue weighted by atomic mass is 10.2. The van der Waals surface area contributed by atoms with E-state index >= 15 is 0 Å². The molecule has 0 saturated carbocycles. The van der Waals surface area contributed by atoms with Gasteiger partial charge in [0.15, 0.2) is 39.8 Å². The fraction of sp³-hybridized carbons (Fsp3) is 0.714. The Morgan fingerprint density at radius 1 is 0.625 bits per heavy atom. The van der Waals surface area contributed by atoms with Gasteiger partial charge in [0.25, 0.3) is 0 Å². The van der Waals surface area contributed by atoms with E-state index in [2.05, 4.69) is 120 Å². The van der Waals surface area contributed by atoms with Gasteiger partial charge in [0, 0.05) is 10.7 Å². The predicted octanol–water partition coefficient (Wildman–Crippen LogP) is 8.67. The fourth-order valence-electron chi connectivity index (χ4n) is 2.88. The number of nitrogens with zero attached hydrogens (tertiary/aromatic N) is 4. The van der Waals surface area contributed by atoms with Gasteiger partial charge in [0.2, 0.25) is 0 Å². The van der Waals surface area contributed by atoms with Crippen LogP contribution < -0.4 is 9.47 Å². The molecule has 0 radical (unpaired) electrons. The average Bonchev–Trinajstić information content (AvgIpc) is 2.85. The summed E-state index contributed by atoms with van der Waals surface area (Å²) in [5, 5.41) is 1.94. The molecule has 2 unspecified atom stereocenters. The van der Waals surface area contributed by atoms with Crippen LogP contribution in [0.2, 0.25) is 36.3 Å². The minimum Gasteiger partial charge on any atom is -0.489 e. The standard InChI is InChI=1S/2C14H25BrN2O2Si/c2*1-11(19-20(5,6)14(2,3)4)13-16-9-12(10-17-13)18-8-7-15/h2*9-11H,7-8H2,1-6H3. The smallest absolute Gasteiger partial charge is 0.193 e. The van der Waals surface area contributed by atoms with Crippen LogP contribution in [0.3, 0.4) is 0 Å². The molecule has 0 bridgehead atoms. The summed E-state index contributed by atoms with van der Waals surface area (Å²) >= 11 is 6.63. The summed E-state index contributed by atoms with van der Waals surface area (Å²) < 4.78 is 23.4. The number of halogens is 2. The second-order valence-corrected chi connectivity index (χ2v) is 23.8. The van der Waals surface area contributed by atoms with Crippen LogP contribution in [0.4, 0.5) is 0 Å². The van der Waals surface area contributed by atoms with Crippen molar-refractivity contribution < 1.29 is 18.3 Å². The molecule has 228 valence electrons. The van der Waals surface area contributed by atoms with Crippen LogP contribution in [-0.2, 0) is 8.85 Å². The van der Waals surface area contributed by atoms with E-state index in [1.807, 2.05) is 13.8 Å². The number of aromatic nitrogens is 4. The van der Waals surface area contributed by atoms with Gasteiger partial charge in [0.1, 0.15) is 12.2 Å². The van der Waals surface area contributed by atoms with Crippen LogP contribution >= 0.6 is 31.9 Å².